The van der Waals surface area contributed by atoms with Crippen molar-refractivity contribution in [3.63, 3.8) is 0 Å². The Kier molecular flexibility index (Phi) is 5.84. The van der Waals surface area contributed by atoms with Gasteiger partial charge in [0.2, 0.25) is 0 Å². The van der Waals surface area contributed by atoms with Crippen molar-refractivity contribution in [1.29, 1.82) is 0 Å². The van der Waals surface area contributed by atoms with E-state index in [4.69, 9.17) is 5.73 Å². The van der Waals surface area contributed by atoms with Gasteiger partial charge in [-0.15, -0.1) is 24.8 Å². The molecule has 0 spiro atoms. The van der Waals surface area contributed by atoms with Crippen LogP contribution in [0.2, 0.25) is 0 Å². The number of aromatic nitrogens is 2. The van der Waals surface area contributed by atoms with Crippen LogP contribution in [0.4, 0.5) is 0 Å². The van der Waals surface area contributed by atoms with E-state index in [1.807, 2.05) is 0 Å². The molecule has 1 aromatic heterocycles. The second-order valence-electron chi connectivity index (χ2n) is 1.77. The number of halogens is 2. The van der Waals surface area contributed by atoms with Gasteiger partial charge in [-0.1, -0.05) is 0 Å². The zero-order valence-electron chi connectivity index (χ0n) is 5.85. The van der Waals surface area contributed by atoms with Crippen molar-refractivity contribution in [3.8, 4) is 0 Å². The van der Waals surface area contributed by atoms with Crippen LogP contribution >= 0.6 is 24.8 Å². The lowest BCUT2D eigenvalue weighted by molar-refractivity contribution is 0.1000. The van der Waals surface area contributed by atoms with E-state index in [9.17, 15) is 4.79 Å². The van der Waals surface area contributed by atoms with E-state index in [2.05, 4.69) is 5.10 Å². The molecule has 64 valence electrons. The minimum atomic E-state index is -0.442. The van der Waals surface area contributed by atoms with E-state index in [0.29, 0.717) is 5.56 Å². The summed E-state index contributed by atoms with van der Waals surface area (Å²) in [6.07, 6.45) is 3.00. The summed E-state index contributed by atoms with van der Waals surface area (Å²) in [7, 11) is 1.73. The Morgan fingerprint density at radius 3 is 2.36 bits per heavy atom. The molecule has 4 nitrogen and oxygen atoms in total. The summed E-state index contributed by atoms with van der Waals surface area (Å²) in [6.45, 7) is 0. The molecule has 0 aliphatic carbocycles. The summed E-state index contributed by atoms with van der Waals surface area (Å²) in [4.78, 5) is 10.4. The molecule has 2 N–H and O–H groups in total. The lowest BCUT2D eigenvalue weighted by Crippen LogP contribution is -2.09. The third-order valence-corrected chi connectivity index (χ3v) is 0.989. The van der Waals surface area contributed by atoms with Crippen LogP contribution in [0.5, 0.6) is 0 Å². The van der Waals surface area contributed by atoms with Crippen LogP contribution < -0.4 is 5.73 Å². The summed E-state index contributed by atoms with van der Waals surface area (Å²) in [5.41, 5.74) is 5.38. The Morgan fingerprint density at radius 1 is 1.64 bits per heavy atom. The molecule has 1 aromatic rings. The molecule has 0 bridgehead atoms. The number of nitrogens with zero attached hydrogens (tertiary/aromatic N) is 2. The van der Waals surface area contributed by atoms with Gasteiger partial charge >= 0.3 is 0 Å². The average Bonchev–Trinajstić information content (AvgIpc) is 2.14. The standard InChI is InChI=1S/C5H7N3O.2ClH/c1-8-3-4(2-7-8)5(6)9;;/h2-3H,1H3,(H2,6,9);2*1H. The summed E-state index contributed by atoms with van der Waals surface area (Å²) in [6, 6.07) is 0. The summed E-state index contributed by atoms with van der Waals surface area (Å²) >= 11 is 0. The SMILES string of the molecule is Cl.Cl.Cn1cc(C(N)=O)cn1. The van der Waals surface area contributed by atoms with E-state index in [1.54, 1.807) is 13.2 Å². The minimum Gasteiger partial charge on any atom is -0.366 e. The number of rotatable bonds is 1. The number of aryl methyl sites for hydroxylation is 1. The highest BCUT2D eigenvalue weighted by molar-refractivity contribution is 5.92. The van der Waals surface area contributed by atoms with Crippen molar-refractivity contribution in [1.82, 2.24) is 9.78 Å². The van der Waals surface area contributed by atoms with Gasteiger partial charge < -0.3 is 5.73 Å². The van der Waals surface area contributed by atoms with Crippen molar-refractivity contribution < 1.29 is 4.79 Å². The van der Waals surface area contributed by atoms with Gasteiger partial charge in [0.25, 0.3) is 5.91 Å². The summed E-state index contributed by atoms with van der Waals surface area (Å²) in [5, 5.41) is 3.75. The van der Waals surface area contributed by atoms with E-state index < -0.39 is 5.91 Å². The van der Waals surface area contributed by atoms with Crippen LogP contribution in [0, 0.1) is 0 Å². The largest absolute Gasteiger partial charge is 0.366 e. The third kappa shape index (κ3) is 3.25. The molecule has 0 aliphatic rings. The van der Waals surface area contributed by atoms with E-state index in [0.717, 1.165) is 0 Å². The molecular weight excluding hydrogens is 189 g/mol. The Labute approximate surface area is 76.6 Å². The van der Waals surface area contributed by atoms with Gasteiger partial charge in [-0.25, -0.2) is 0 Å². The van der Waals surface area contributed by atoms with Crippen LogP contribution in [0.3, 0.4) is 0 Å². The monoisotopic (exact) mass is 197 g/mol. The number of carbonyl (C=O) groups is 1. The van der Waals surface area contributed by atoms with Crippen molar-refractivity contribution >= 4 is 30.7 Å². The lowest BCUT2D eigenvalue weighted by Gasteiger charge is -1.82. The first-order chi connectivity index (χ1) is 4.20. The fourth-order valence-corrected chi connectivity index (χ4v) is 0.548. The van der Waals surface area contributed by atoms with Gasteiger partial charge in [-0.3, -0.25) is 9.48 Å². The van der Waals surface area contributed by atoms with Crippen molar-refractivity contribution in [3.05, 3.63) is 18.0 Å². The Bertz CT molecular complexity index is 235. The zero-order chi connectivity index (χ0) is 6.85. The number of carbonyl (C=O) groups excluding carboxylic acids is 1. The molecule has 0 unspecified atom stereocenters. The second kappa shape index (κ2) is 4.98. The molecule has 0 aromatic carbocycles. The van der Waals surface area contributed by atoms with Crippen molar-refractivity contribution in [2.45, 2.75) is 0 Å². The van der Waals surface area contributed by atoms with Crippen LogP contribution in [0.25, 0.3) is 0 Å². The normalized spacial score (nSPS) is 7.73. The van der Waals surface area contributed by atoms with Crippen molar-refractivity contribution in [2.24, 2.45) is 12.8 Å². The molecule has 0 saturated heterocycles. The van der Waals surface area contributed by atoms with Crippen LogP contribution in [-0.2, 0) is 7.05 Å². The van der Waals surface area contributed by atoms with Gasteiger partial charge in [0, 0.05) is 13.2 Å². The molecule has 6 heteroatoms. The number of hydrogen-bond donors (Lipinski definition) is 1. The van der Waals surface area contributed by atoms with E-state index >= 15 is 0 Å². The van der Waals surface area contributed by atoms with E-state index in [-0.39, 0.29) is 24.8 Å². The maximum atomic E-state index is 10.4. The Hall–Kier alpha value is -0.740. The second-order valence-corrected chi connectivity index (χ2v) is 1.77. The number of primary amides is 1. The summed E-state index contributed by atoms with van der Waals surface area (Å²) < 4.78 is 1.53. The molecule has 1 rings (SSSR count). The first-order valence-corrected chi connectivity index (χ1v) is 2.48. The van der Waals surface area contributed by atoms with Gasteiger partial charge in [0.05, 0.1) is 11.8 Å². The highest BCUT2D eigenvalue weighted by Crippen LogP contribution is 1.91. The summed E-state index contributed by atoms with van der Waals surface area (Å²) in [5.74, 6) is -0.442. The van der Waals surface area contributed by atoms with Crippen LogP contribution in [0.1, 0.15) is 10.4 Å². The van der Waals surface area contributed by atoms with E-state index in [1.165, 1.54) is 10.9 Å². The molecule has 0 atom stereocenters. The third-order valence-electron chi connectivity index (χ3n) is 0.989. The first kappa shape index (κ1) is 12.9. The molecular formula is C5H9Cl2N3O. The maximum absolute atomic E-state index is 10.4. The fraction of sp³-hybridized carbons (Fsp3) is 0.200. The molecule has 0 radical (unpaired) electrons. The Balaban J connectivity index is 0. The van der Waals surface area contributed by atoms with Crippen molar-refractivity contribution in [2.75, 3.05) is 0 Å². The van der Waals surface area contributed by atoms with Gasteiger partial charge in [0.1, 0.15) is 0 Å². The first-order valence-electron chi connectivity index (χ1n) is 2.48. The topological polar surface area (TPSA) is 60.9 Å². The fourth-order valence-electron chi connectivity index (χ4n) is 0.548. The maximum Gasteiger partial charge on any atom is 0.251 e. The number of nitrogens with two attached hydrogens (primary N) is 1. The molecule has 1 amide bonds. The molecule has 0 fully saturated rings. The van der Waals surface area contributed by atoms with Gasteiger partial charge in [-0.2, -0.15) is 5.10 Å². The smallest absolute Gasteiger partial charge is 0.251 e. The highest BCUT2D eigenvalue weighted by Gasteiger charge is 1.99. The van der Waals surface area contributed by atoms with Crippen LogP contribution in [0.15, 0.2) is 12.4 Å². The highest BCUT2D eigenvalue weighted by atomic mass is 35.5. The molecule has 0 saturated carbocycles. The number of hydrogen-bond acceptors (Lipinski definition) is 2. The molecule has 0 aliphatic heterocycles. The van der Waals surface area contributed by atoms with Gasteiger partial charge in [-0.05, 0) is 0 Å². The lowest BCUT2D eigenvalue weighted by atomic mass is 10.4. The average molecular weight is 198 g/mol. The molecule has 1 heterocycles. The predicted octanol–water partition coefficient (Wildman–Crippen LogP) is 0.363. The van der Waals surface area contributed by atoms with Gasteiger partial charge in [0.15, 0.2) is 0 Å². The predicted molar refractivity (Wildman–Crippen MR) is 46.2 cm³/mol. The zero-order valence-corrected chi connectivity index (χ0v) is 7.48. The minimum absolute atomic E-state index is 0. The van der Waals surface area contributed by atoms with Crippen LogP contribution in [-0.4, -0.2) is 15.7 Å². The quantitative estimate of drug-likeness (QED) is 0.708. The number of amides is 1. The Morgan fingerprint density at radius 2 is 2.18 bits per heavy atom. The molecule has 11 heavy (non-hydrogen) atoms.